The number of ether oxygens (including phenoxy) is 1. The summed E-state index contributed by atoms with van der Waals surface area (Å²) in [6.45, 7) is 1.40. The zero-order chi connectivity index (χ0) is 25.2. The fourth-order valence-corrected chi connectivity index (χ4v) is 3.53. The molecule has 0 spiro atoms. The SMILES string of the molecule is CNC(=O)c1ccc(-c2cnc3c(NCCC(F)(F)F)cc(Oc4cccc(F)c4)nn23)cc1C. The molecule has 2 aromatic heterocycles. The van der Waals surface area contributed by atoms with Gasteiger partial charge in [0.15, 0.2) is 5.65 Å². The number of halogens is 4. The lowest BCUT2D eigenvalue weighted by Gasteiger charge is -2.13. The zero-order valence-electron chi connectivity index (χ0n) is 18.8. The molecule has 2 aromatic carbocycles. The summed E-state index contributed by atoms with van der Waals surface area (Å²) in [5.41, 5.74) is 2.96. The van der Waals surface area contributed by atoms with Crippen molar-refractivity contribution >= 4 is 17.2 Å². The van der Waals surface area contributed by atoms with Gasteiger partial charge in [-0.3, -0.25) is 4.79 Å². The maximum atomic E-state index is 13.6. The van der Waals surface area contributed by atoms with Crippen LogP contribution in [0.25, 0.3) is 16.9 Å². The Morgan fingerprint density at radius 2 is 1.94 bits per heavy atom. The van der Waals surface area contributed by atoms with Crippen LogP contribution in [-0.4, -0.2) is 40.3 Å². The molecule has 0 saturated carbocycles. The highest BCUT2D eigenvalue weighted by Crippen LogP contribution is 2.30. The summed E-state index contributed by atoms with van der Waals surface area (Å²) >= 11 is 0. The first-order valence-electron chi connectivity index (χ1n) is 10.6. The van der Waals surface area contributed by atoms with Crippen molar-refractivity contribution in [3.05, 3.63) is 71.7 Å². The zero-order valence-corrected chi connectivity index (χ0v) is 18.8. The van der Waals surface area contributed by atoms with Crippen molar-refractivity contribution in [3.63, 3.8) is 0 Å². The van der Waals surface area contributed by atoms with E-state index in [0.29, 0.717) is 22.4 Å². The summed E-state index contributed by atoms with van der Waals surface area (Å²) in [7, 11) is 1.54. The second-order valence-corrected chi connectivity index (χ2v) is 7.74. The van der Waals surface area contributed by atoms with E-state index in [9.17, 15) is 22.4 Å². The number of hydrogen-bond acceptors (Lipinski definition) is 5. The molecule has 11 heteroatoms. The number of benzene rings is 2. The van der Waals surface area contributed by atoms with Crippen LogP contribution in [0.1, 0.15) is 22.3 Å². The molecule has 2 heterocycles. The summed E-state index contributed by atoms with van der Waals surface area (Å²) in [6.07, 6.45) is -3.85. The van der Waals surface area contributed by atoms with Crippen molar-refractivity contribution in [2.45, 2.75) is 19.5 Å². The minimum Gasteiger partial charge on any atom is -0.437 e. The number of hydrogen-bond donors (Lipinski definition) is 2. The molecule has 0 unspecified atom stereocenters. The van der Waals surface area contributed by atoms with Gasteiger partial charge >= 0.3 is 6.18 Å². The molecule has 0 aliphatic carbocycles. The highest BCUT2D eigenvalue weighted by Gasteiger charge is 2.26. The van der Waals surface area contributed by atoms with Crippen LogP contribution < -0.4 is 15.4 Å². The van der Waals surface area contributed by atoms with Crippen LogP contribution in [0.2, 0.25) is 0 Å². The molecule has 4 rings (SSSR count). The Hall–Kier alpha value is -4.15. The van der Waals surface area contributed by atoms with Gasteiger partial charge in [0, 0.05) is 36.9 Å². The Morgan fingerprint density at radius 3 is 2.63 bits per heavy atom. The van der Waals surface area contributed by atoms with E-state index in [2.05, 4.69) is 20.7 Å². The Balaban J connectivity index is 1.77. The number of aryl methyl sites for hydroxylation is 1. The first-order chi connectivity index (χ1) is 16.6. The molecular formula is C24H21F4N5O2. The fourth-order valence-electron chi connectivity index (χ4n) is 3.53. The van der Waals surface area contributed by atoms with Gasteiger partial charge in [-0.25, -0.2) is 13.9 Å². The lowest BCUT2D eigenvalue weighted by atomic mass is 10.0. The van der Waals surface area contributed by atoms with Crippen LogP contribution in [0.15, 0.2) is 54.7 Å². The number of rotatable bonds is 7. The normalized spacial score (nSPS) is 11.5. The Morgan fingerprint density at radius 1 is 1.14 bits per heavy atom. The van der Waals surface area contributed by atoms with E-state index in [1.54, 1.807) is 25.1 Å². The highest BCUT2D eigenvalue weighted by atomic mass is 19.4. The lowest BCUT2D eigenvalue weighted by molar-refractivity contribution is -0.131. The Labute approximate surface area is 197 Å². The molecule has 0 atom stereocenters. The van der Waals surface area contributed by atoms with E-state index in [4.69, 9.17) is 4.74 Å². The second kappa shape index (κ2) is 9.61. The molecule has 7 nitrogen and oxygen atoms in total. The number of alkyl halides is 3. The Bertz CT molecular complexity index is 1380. The van der Waals surface area contributed by atoms with Crippen molar-refractivity contribution in [2.24, 2.45) is 0 Å². The van der Waals surface area contributed by atoms with Crippen molar-refractivity contribution in [3.8, 4) is 22.9 Å². The molecular weight excluding hydrogens is 466 g/mol. The number of carbonyl (C=O) groups excluding carboxylic acids is 1. The van der Waals surface area contributed by atoms with Crippen molar-refractivity contribution in [1.29, 1.82) is 0 Å². The van der Waals surface area contributed by atoms with Crippen LogP contribution in [0, 0.1) is 12.7 Å². The summed E-state index contributed by atoms with van der Waals surface area (Å²) < 4.78 is 58.8. The van der Waals surface area contributed by atoms with Gasteiger partial charge in [0.25, 0.3) is 5.91 Å². The third-order valence-corrected chi connectivity index (χ3v) is 5.18. The number of nitrogens with zero attached hydrogens (tertiary/aromatic N) is 3. The lowest BCUT2D eigenvalue weighted by Crippen LogP contribution is -2.18. The van der Waals surface area contributed by atoms with Crippen LogP contribution in [-0.2, 0) is 0 Å². The molecule has 0 bridgehead atoms. The largest absolute Gasteiger partial charge is 0.437 e. The number of carbonyl (C=O) groups is 1. The second-order valence-electron chi connectivity index (χ2n) is 7.74. The third kappa shape index (κ3) is 5.51. The average Bonchev–Trinajstić information content (AvgIpc) is 3.22. The monoisotopic (exact) mass is 487 g/mol. The molecule has 0 saturated heterocycles. The third-order valence-electron chi connectivity index (χ3n) is 5.18. The van der Waals surface area contributed by atoms with Crippen LogP contribution >= 0.6 is 0 Å². The van der Waals surface area contributed by atoms with Crippen LogP contribution in [0.5, 0.6) is 11.6 Å². The van der Waals surface area contributed by atoms with E-state index < -0.39 is 18.4 Å². The van der Waals surface area contributed by atoms with Gasteiger partial charge in [0.2, 0.25) is 5.88 Å². The number of nitrogens with one attached hydrogen (secondary N) is 2. The van der Waals surface area contributed by atoms with E-state index in [0.717, 1.165) is 6.07 Å². The number of fused-ring (bicyclic) bond motifs is 1. The number of aromatic nitrogens is 3. The predicted molar refractivity (Wildman–Crippen MR) is 122 cm³/mol. The molecule has 182 valence electrons. The van der Waals surface area contributed by atoms with E-state index >= 15 is 0 Å². The van der Waals surface area contributed by atoms with Crippen molar-refractivity contribution < 1.29 is 27.1 Å². The molecule has 4 aromatic rings. The predicted octanol–water partition coefficient (Wildman–Crippen LogP) is 5.36. The van der Waals surface area contributed by atoms with E-state index in [-0.39, 0.29) is 35.4 Å². The van der Waals surface area contributed by atoms with Gasteiger partial charge in [-0.1, -0.05) is 12.1 Å². The van der Waals surface area contributed by atoms with Gasteiger partial charge in [-0.15, -0.1) is 5.10 Å². The number of anilines is 1. The van der Waals surface area contributed by atoms with E-state index in [1.807, 2.05) is 0 Å². The van der Waals surface area contributed by atoms with Gasteiger partial charge < -0.3 is 15.4 Å². The Kier molecular flexibility index (Phi) is 6.59. The van der Waals surface area contributed by atoms with Gasteiger partial charge in [-0.2, -0.15) is 13.2 Å². The minimum atomic E-state index is -4.33. The first-order valence-corrected chi connectivity index (χ1v) is 10.6. The standard InChI is InChI=1S/C24H21F4N5O2/c1-14-10-15(6-7-18(14)23(34)29-2)20-13-31-22-19(30-9-8-24(26,27)28)12-21(32-33(20)22)35-17-5-3-4-16(25)11-17/h3-7,10-13,30H,8-9H2,1-2H3,(H,29,34). The number of imidazole rings is 1. The molecule has 2 N–H and O–H groups in total. The number of amides is 1. The summed E-state index contributed by atoms with van der Waals surface area (Å²) in [5.74, 6) is -0.546. The molecule has 1 amide bonds. The smallest absolute Gasteiger partial charge is 0.390 e. The van der Waals surface area contributed by atoms with Gasteiger partial charge in [-0.05, 0) is 36.8 Å². The molecule has 0 fully saturated rings. The van der Waals surface area contributed by atoms with Crippen LogP contribution in [0.3, 0.4) is 0 Å². The quantitative estimate of drug-likeness (QED) is 0.343. The summed E-state index contributed by atoms with van der Waals surface area (Å²) in [5, 5.41) is 9.74. The highest BCUT2D eigenvalue weighted by molar-refractivity contribution is 5.96. The van der Waals surface area contributed by atoms with Crippen molar-refractivity contribution in [2.75, 3.05) is 18.9 Å². The molecule has 0 aliphatic rings. The molecule has 0 radical (unpaired) electrons. The first kappa shape index (κ1) is 24.0. The molecule has 35 heavy (non-hydrogen) atoms. The van der Waals surface area contributed by atoms with Gasteiger partial charge in [0.1, 0.15) is 11.6 Å². The minimum absolute atomic E-state index is 0.0237. The summed E-state index contributed by atoms with van der Waals surface area (Å²) in [4.78, 5) is 16.4. The van der Waals surface area contributed by atoms with Gasteiger partial charge in [0.05, 0.1) is 24.0 Å². The maximum absolute atomic E-state index is 13.6. The van der Waals surface area contributed by atoms with E-state index in [1.165, 1.54) is 42.0 Å². The topological polar surface area (TPSA) is 80.5 Å². The van der Waals surface area contributed by atoms with Crippen molar-refractivity contribution in [1.82, 2.24) is 19.9 Å². The molecule has 0 aliphatic heterocycles. The summed E-state index contributed by atoms with van der Waals surface area (Å²) in [6, 6.07) is 12.0. The van der Waals surface area contributed by atoms with Crippen LogP contribution in [0.4, 0.5) is 23.2 Å². The fraction of sp³-hybridized carbons (Fsp3) is 0.208. The maximum Gasteiger partial charge on any atom is 0.390 e. The average molecular weight is 487 g/mol.